The Morgan fingerprint density at radius 3 is 2.32 bits per heavy atom. The molecule has 0 bridgehead atoms. The van der Waals surface area contributed by atoms with Gasteiger partial charge in [0, 0.05) is 49.1 Å². The van der Waals surface area contributed by atoms with E-state index in [2.05, 4.69) is 15.0 Å². The van der Waals surface area contributed by atoms with Crippen molar-refractivity contribution in [2.45, 2.75) is 19.8 Å². The average Bonchev–Trinajstić information content (AvgIpc) is 2.81. The van der Waals surface area contributed by atoms with E-state index in [1.807, 2.05) is 6.07 Å². The van der Waals surface area contributed by atoms with E-state index in [9.17, 15) is 9.59 Å². The van der Waals surface area contributed by atoms with Gasteiger partial charge in [-0.15, -0.1) is 0 Å². The van der Waals surface area contributed by atoms with Crippen LogP contribution in [0.3, 0.4) is 0 Å². The van der Waals surface area contributed by atoms with E-state index in [0.717, 1.165) is 11.1 Å². The summed E-state index contributed by atoms with van der Waals surface area (Å²) in [6.07, 6.45) is 8.35. The lowest BCUT2D eigenvalue weighted by Crippen LogP contribution is -2.08. The van der Waals surface area contributed by atoms with E-state index in [0.29, 0.717) is 35.6 Å². The van der Waals surface area contributed by atoms with E-state index >= 15 is 0 Å². The molecule has 160 valence electrons. The summed E-state index contributed by atoms with van der Waals surface area (Å²) in [5.41, 5.74) is 2.86. The molecule has 0 atom stereocenters. The van der Waals surface area contributed by atoms with Gasteiger partial charge in [0.1, 0.15) is 19.0 Å². The number of rotatable bonds is 10. The maximum Gasteiger partial charge on any atom is 0.340 e. The van der Waals surface area contributed by atoms with Crippen molar-refractivity contribution in [2.24, 2.45) is 0 Å². The summed E-state index contributed by atoms with van der Waals surface area (Å²) in [6.45, 7) is 0.590. The van der Waals surface area contributed by atoms with Gasteiger partial charge >= 0.3 is 5.97 Å². The summed E-state index contributed by atoms with van der Waals surface area (Å²) < 4.78 is 21.1. The number of carbonyl (C=O) groups excluding carboxylic acids is 2. The number of hydrogen-bond acceptors (Lipinski definition) is 9. The zero-order valence-corrected chi connectivity index (χ0v) is 17.1. The van der Waals surface area contributed by atoms with Gasteiger partial charge in [0.2, 0.25) is 5.88 Å². The zero-order chi connectivity index (χ0) is 22.1. The van der Waals surface area contributed by atoms with Crippen LogP contribution in [-0.4, -0.2) is 41.4 Å². The molecule has 3 aromatic heterocycles. The van der Waals surface area contributed by atoms with Crippen LogP contribution in [-0.2, 0) is 29.3 Å². The minimum absolute atomic E-state index is 0.0737. The molecule has 3 aromatic rings. The monoisotopic (exact) mass is 423 g/mol. The number of hydrogen-bond donors (Lipinski definition) is 0. The third kappa shape index (κ3) is 6.06. The van der Waals surface area contributed by atoms with Crippen LogP contribution in [0.5, 0.6) is 11.6 Å². The minimum atomic E-state index is -0.522. The lowest BCUT2D eigenvalue weighted by Gasteiger charge is -2.10. The molecule has 0 saturated carbocycles. The van der Waals surface area contributed by atoms with Crippen molar-refractivity contribution in [3.8, 4) is 11.6 Å². The predicted molar refractivity (Wildman–Crippen MR) is 109 cm³/mol. The molecular weight excluding hydrogens is 402 g/mol. The van der Waals surface area contributed by atoms with Gasteiger partial charge in [-0.25, -0.2) is 9.78 Å². The number of ether oxygens (including phenoxy) is 4. The summed E-state index contributed by atoms with van der Waals surface area (Å²) in [5.74, 6) is 0.0854. The van der Waals surface area contributed by atoms with Gasteiger partial charge < -0.3 is 18.9 Å². The van der Waals surface area contributed by atoms with Crippen molar-refractivity contribution in [2.75, 3.05) is 14.2 Å². The number of carbonyl (C=O) groups is 2. The third-order valence-corrected chi connectivity index (χ3v) is 4.17. The van der Waals surface area contributed by atoms with Crippen LogP contribution in [0, 0.1) is 0 Å². The van der Waals surface area contributed by atoms with Gasteiger partial charge in [-0.2, -0.15) is 0 Å². The zero-order valence-electron chi connectivity index (χ0n) is 17.1. The molecule has 0 amide bonds. The van der Waals surface area contributed by atoms with Crippen LogP contribution in [0.15, 0.2) is 49.2 Å². The highest BCUT2D eigenvalue weighted by molar-refractivity contribution is 5.89. The molecule has 9 heteroatoms. The Bertz CT molecular complexity index is 1060. The summed E-state index contributed by atoms with van der Waals surface area (Å²) >= 11 is 0. The third-order valence-electron chi connectivity index (χ3n) is 4.17. The highest BCUT2D eigenvalue weighted by Gasteiger charge is 2.11. The first-order chi connectivity index (χ1) is 15.1. The standard InChI is InChI=1S/C22H21N3O6/c1-28-12-15-3-16(7-23-6-15)14-31-22(27)18-4-17(8-24-9-18)13-30-20-10-25-21(29-2)5-19(20)11-26/h3-11H,12-14H2,1-2H3. The van der Waals surface area contributed by atoms with E-state index in [1.165, 1.54) is 25.6 Å². The largest absolute Gasteiger partial charge is 0.486 e. The molecule has 0 saturated heterocycles. The molecule has 0 radical (unpaired) electrons. The molecule has 0 aliphatic rings. The first-order valence-corrected chi connectivity index (χ1v) is 9.27. The van der Waals surface area contributed by atoms with Crippen LogP contribution in [0.2, 0.25) is 0 Å². The molecule has 0 fully saturated rings. The molecule has 0 aromatic carbocycles. The van der Waals surface area contributed by atoms with Crippen LogP contribution in [0.25, 0.3) is 0 Å². The van der Waals surface area contributed by atoms with Gasteiger partial charge in [-0.3, -0.25) is 14.8 Å². The fourth-order valence-corrected chi connectivity index (χ4v) is 2.70. The van der Waals surface area contributed by atoms with Crippen molar-refractivity contribution >= 4 is 12.3 Å². The second kappa shape index (κ2) is 10.8. The second-order valence-electron chi connectivity index (χ2n) is 6.46. The summed E-state index contributed by atoms with van der Waals surface area (Å²) in [6, 6.07) is 4.96. The number of nitrogens with zero attached hydrogens (tertiary/aromatic N) is 3. The fourth-order valence-electron chi connectivity index (χ4n) is 2.70. The second-order valence-corrected chi connectivity index (χ2v) is 6.46. The Labute approximate surface area is 179 Å². The normalized spacial score (nSPS) is 10.4. The Hall–Kier alpha value is -3.85. The number of pyridine rings is 3. The molecule has 0 aliphatic heterocycles. The molecule has 9 nitrogen and oxygen atoms in total. The molecule has 31 heavy (non-hydrogen) atoms. The van der Waals surface area contributed by atoms with E-state index < -0.39 is 5.97 Å². The minimum Gasteiger partial charge on any atom is -0.486 e. The topological polar surface area (TPSA) is 110 Å². The van der Waals surface area contributed by atoms with Gasteiger partial charge in [-0.05, 0) is 17.7 Å². The molecular formula is C22H21N3O6. The van der Waals surface area contributed by atoms with Crippen LogP contribution in [0.1, 0.15) is 37.4 Å². The molecule has 0 spiro atoms. The van der Waals surface area contributed by atoms with Gasteiger partial charge in [0.15, 0.2) is 6.29 Å². The highest BCUT2D eigenvalue weighted by atomic mass is 16.5. The average molecular weight is 423 g/mol. The predicted octanol–water partition coefficient (Wildman–Crippen LogP) is 2.78. The first-order valence-electron chi connectivity index (χ1n) is 9.27. The Balaban J connectivity index is 1.61. The van der Waals surface area contributed by atoms with Crippen molar-refractivity contribution in [1.82, 2.24) is 15.0 Å². The van der Waals surface area contributed by atoms with Crippen molar-refractivity contribution in [1.29, 1.82) is 0 Å². The van der Waals surface area contributed by atoms with Gasteiger partial charge in [0.25, 0.3) is 0 Å². The summed E-state index contributed by atoms with van der Waals surface area (Å²) in [4.78, 5) is 35.9. The lowest BCUT2D eigenvalue weighted by molar-refractivity contribution is 0.0471. The Morgan fingerprint density at radius 1 is 0.903 bits per heavy atom. The van der Waals surface area contributed by atoms with Gasteiger partial charge in [-0.1, -0.05) is 0 Å². The Morgan fingerprint density at radius 2 is 1.61 bits per heavy atom. The van der Waals surface area contributed by atoms with E-state index in [4.69, 9.17) is 18.9 Å². The van der Waals surface area contributed by atoms with E-state index in [-0.39, 0.29) is 18.8 Å². The number of esters is 1. The van der Waals surface area contributed by atoms with Crippen molar-refractivity contribution < 1.29 is 28.5 Å². The van der Waals surface area contributed by atoms with Crippen LogP contribution in [0.4, 0.5) is 0 Å². The lowest BCUT2D eigenvalue weighted by atomic mass is 10.2. The molecule has 0 unspecified atom stereocenters. The fraction of sp³-hybridized carbons (Fsp3) is 0.227. The molecule has 3 rings (SSSR count). The quantitative estimate of drug-likeness (QED) is 0.359. The molecule has 3 heterocycles. The van der Waals surface area contributed by atoms with Crippen LogP contribution < -0.4 is 9.47 Å². The molecule has 0 aliphatic carbocycles. The van der Waals surface area contributed by atoms with Gasteiger partial charge in [0.05, 0.1) is 31.0 Å². The van der Waals surface area contributed by atoms with E-state index in [1.54, 1.807) is 31.8 Å². The smallest absolute Gasteiger partial charge is 0.340 e. The number of methoxy groups -OCH3 is 2. The summed E-state index contributed by atoms with van der Waals surface area (Å²) in [5, 5.41) is 0. The number of aldehydes is 1. The van der Waals surface area contributed by atoms with Crippen LogP contribution >= 0.6 is 0 Å². The maximum atomic E-state index is 12.4. The van der Waals surface area contributed by atoms with Crippen molar-refractivity contribution in [3.63, 3.8) is 0 Å². The number of aromatic nitrogens is 3. The van der Waals surface area contributed by atoms with Crippen molar-refractivity contribution in [3.05, 3.63) is 77.0 Å². The molecule has 0 N–H and O–H groups in total. The SMILES string of the molecule is COCc1cncc(COC(=O)c2cncc(COc3cnc(OC)cc3C=O)c2)c1. The highest BCUT2D eigenvalue weighted by Crippen LogP contribution is 2.21. The first kappa shape index (κ1) is 21.8. The summed E-state index contributed by atoms with van der Waals surface area (Å²) in [7, 11) is 3.06. The maximum absolute atomic E-state index is 12.4. The Kier molecular flexibility index (Phi) is 7.61.